The Bertz CT molecular complexity index is 660. The van der Waals surface area contributed by atoms with Crippen LogP contribution in [0.3, 0.4) is 0 Å². The van der Waals surface area contributed by atoms with Crippen molar-refractivity contribution < 1.29 is 5.11 Å². The van der Waals surface area contributed by atoms with E-state index in [1.165, 1.54) is 16.7 Å². The Hall–Kier alpha value is -1.64. The van der Waals surface area contributed by atoms with E-state index in [2.05, 4.69) is 61.6 Å². The molecule has 0 saturated heterocycles. The molecule has 0 bridgehead atoms. The van der Waals surface area contributed by atoms with E-state index in [0.717, 1.165) is 24.1 Å². The zero-order valence-electron chi connectivity index (χ0n) is 13.0. The van der Waals surface area contributed by atoms with Crippen molar-refractivity contribution >= 4 is 0 Å². The van der Waals surface area contributed by atoms with Gasteiger partial charge >= 0.3 is 0 Å². The maximum Gasteiger partial charge on any atom is 0.106 e. The minimum Gasteiger partial charge on any atom is -0.383 e. The van der Waals surface area contributed by atoms with E-state index in [9.17, 15) is 5.11 Å². The molecule has 0 spiro atoms. The smallest absolute Gasteiger partial charge is 0.106 e. The molecule has 0 fully saturated rings. The summed E-state index contributed by atoms with van der Waals surface area (Å²) in [5.41, 5.74) is 4.96. The molecule has 1 aliphatic heterocycles. The molecule has 1 aliphatic rings. The normalized spacial score (nSPS) is 20.7. The average molecular weight is 281 g/mol. The Morgan fingerprint density at radius 3 is 2.71 bits per heavy atom. The van der Waals surface area contributed by atoms with Crippen molar-refractivity contribution in [3.05, 3.63) is 70.3 Å². The zero-order chi connectivity index (χ0) is 15.0. The molecular weight excluding hydrogens is 258 g/mol. The average Bonchev–Trinajstić information content (AvgIpc) is 2.49. The molecule has 2 heteroatoms. The number of aryl methyl sites for hydroxylation is 2. The second-order valence-corrected chi connectivity index (χ2v) is 6.30. The van der Waals surface area contributed by atoms with Crippen molar-refractivity contribution in [3.8, 4) is 0 Å². The van der Waals surface area contributed by atoms with Crippen LogP contribution in [0.1, 0.15) is 40.8 Å². The molecule has 2 aromatic carbocycles. The molecular formula is C19H23NO. The first kappa shape index (κ1) is 14.3. The predicted molar refractivity (Wildman–Crippen MR) is 86.4 cm³/mol. The fraction of sp³-hybridized carbons (Fsp3) is 0.368. The van der Waals surface area contributed by atoms with Crippen LogP contribution in [0, 0.1) is 13.8 Å². The lowest BCUT2D eigenvalue weighted by Gasteiger charge is -2.39. The van der Waals surface area contributed by atoms with Gasteiger partial charge in [-0.1, -0.05) is 48.0 Å². The summed E-state index contributed by atoms with van der Waals surface area (Å²) in [7, 11) is 0. The molecule has 0 aliphatic carbocycles. The molecule has 2 aromatic rings. The number of rotatable bonds is 2. The van der Waals surface area contributed by atoms with Gasteiger partial charge < -0.3 is 10.4 Å². The van der Waals surface area contributed by atoms with Crippen LogP contribution in [0.4, 0.5) is 0 Å². The number of hydrogen-bond donors (Lipinski definition) is 2. The van der Waals surface area contributed by atoms with Crippen LogP contribution in [-0.4, -0.2) is 11.7 Å². The van der Waals surface area contributed by atoms with Gasteiger partial charge in [-0.05, 0) is 56.0 Å². The van der Waals surface area contributed by atoms with Crippen molar-refractivity contribution in [3.63, 3.8) is 0 Å². The van der Waals surface area contributed by atoms with Crippen molar-refractivity contribution in [1.82, 2.24) is 5.32 Å². The highest BCUT2D eigenvalue weighted by Crippen LogP contribution is 2.39. The molecule has 110 valence electrons. The van der Waals surface area contributed by atoms with Gasteiger partial charge in [0.1, 0.15) is 5.60 Å². The topological polar surface area (TPSA) is 32.3 Å². The monoisotopic (exact) mass is 281 g/mol. The maximum atomic E-state index is 11.3. The number of fused-ring (bicyclic) bond motifs is 1. The van der Waals surface area contributed by atoms with Crippen LogP contribution in [0.15, 0.2) is 42.5 Å². The van der Waals surface area contributed by atoms with E-state index in [0.29, 0.717) is 0 Å². The highest BCUT2D eigenvalue weighted by Gasteiger charge is 2.38. The fourth-order valence-electron chi connectivity index (χ4n) is 3.44. The van der Waals surface area contributed by atoms with Gasteiger partial charge in [-0.2, -0.15) is 0 Å². The van der Waals surface area contributed by atoms with E-state index in [1.807, 2.05) is 6.92 Å². The summed E-state index contributed by atoms with van der Waals surface area (Å²) in [6, 6.07) is 14.7. The molecule has 2 nitrogen and oxygen atoms in total. The van der Waals surface area contributed by atoms with Gasteiger partial charge in [0.2, 0.25) is 0 Å². The Balaban J connectivity index is 2.09. The highest BCUT2D eigenvalue weighted by atomic mass is 16.3. The van der Waals surface area contributed by atoms with Crippen LogP contribution in [0.5, 0.6) is 0 Å². The SMILES string of the molecule is Cc1ccc(C)c(C(C)(O)C2NCCc3ccccc32)c1. The molecule has 0 saturated carbocycles. The maximum absolute atomic E-state index is 11.3. The molecule has 2 atom stereocenters. The summed E-state index contributed by atoms with van der Waals surface area (Å²) in [4.78, 5) is 0. The second kappa shape index (κ2) is 5.28. The third kappa shape index (κ3) is 2.50. The Labute approximate surface area is 126 Å². The summed E-state index contributed by atoms with van der Waals surface area (Å²) in [5, 5.41) is 14.8. The highest BCUT2D eigenvalue weighted by molar-refractivity contribution is 5.41. The minimum absolute atomic E-state index is 0.0667. The first-order valence-corrected chi connectivity index (χ1v) is 7.61. The molecule has 2 N–H and O–H groups in total. The van der Waals surface area contributed by atoms with Gasteiger partial charge in [0.25, 0.3) is 0 Å². The largest absolute Gasteiger partial charge is 0.383 e. The second-order valence-electron chi connectivity index (χ2n) is 6.30. The van der Waals surface area contributed by atoms with E-state index in [4.69, 9.17) is 0 Å². The minimum atomic E-state index is -0.924. The zero-order valence-corrected chi connectivity index (χ0v) is 13.0. The van der Waals surface area contributed by atoms with Gasteiger partial charge in [0.15, 0.2) is 0 Å². The van der Waals surface area contributed by atoms with Crippen molar-refractivity contribution in [2.24, 2.45) is 0 Å². The summed E-state index contributed by atoms with van der Waals surface area (Å²) in [5.74, 6) is 0. The van der Waals surface area contributed by atoms with Gasteiger partial charge in [-0.15, -0.1) is 0 Å². The molecule has 0 aromatic heterocycles. The molecule has 0 amide bonds. The number of hydrogen-bond acceptors (Lipinski definition) is 2. The van der Waals surface area contributed by atoms with Gasteiger partial charge in [0.05, 0.1) is 6.04 Å². The summed E-state index contributed by atoms with van der Waals surface area (Å²) in [6.07, 6.45) is 1.02. The van der Waals surface area contributed by atoms with Crippen LogP contribution < -0.4 is 5.32 Å². The predicted octanol–water partition coefficient (Wildman–Crippen LogP) is 3.40. The summed E-state index contributed by atoms with van der Waals surface area (Å²) in [6.45, 7) is 6.97. The van der Waals surface area contributed by atoms with Crippen molar-refractivity contribution in [2.45, 2.75) is 38.8 Å². The lowest BCUT2D eigenvalue weighted by Crippen LogP contribution is -2.43. The van der Waals surface area contributed by atoms with Crippen LogP contribution >= 0.6 is 0 Å². The first-order chi connectivity index (χ1) is 10.00. The lowest BCUT2D eigenvalue weighted by molar-refractivity contribution is 0.0112. The standard InChI is InChI=1S/C19H23NO/c1-13-8-9-14(2)17(12-13)19(3,21)18-16-7-5-4-6-15(16)10-11-20-18/h4-9,12,18,20-21H,10-11H2,1-3H3. The number of benzene rings is 2. The third-order valence-electron chi connectivity index (χ3n) is 4.61. The molecule has 0 radical (unpaired) electrons. The van der Waals surface area contributed by atoms with Gasteiger partial charge in [-0.3, -0.25) is 0 Å². The van der Waals surface area contributed by atoms with E-state index in [-0.39, 0.29) is 6.04 Å². The van der Waals surface area contributed by atoms with E-state index < -0.39 is 5.60 Å². The van der Waals surface area contributed by atoms with E-state index in [1.54, 1.807) is 0 Å². The fourth-order valence-corrected chi connectivity index (χ4v) is 3.44. The van der Waals surface area contributed by atoms with Crippen molar-refractivity contribution in [1.29, 1.82) is 0 Å². The molecule has 1 heterocycles. The molecule has 3 rings (SSSR count). The molecule has 2 unspecified atom stereocenters. The van der Waals surface area contributed by atoms with Gasteiger partial charge in [0, 0.05) is 0 Å². The van der Waals surface area contributed by atoms with Crippen LogP contribution in [0.2, 0.25) is 0 Å². The van der Waals surface area contributed by atoms with Crippen molar-refractivity contribution in [2.75, 3.05) is 6.54 Å². The van der Waals surface area contributed by atoms with Gasteiger partial charge in [-0.25, -0.2) is 0 Å². The summed E-state index contributed by atoms with van der Waals surface area (Å²) >= 11 is 0. The lowest BCUT2D eigenvalue weighted by atomic mass is 9.78. The molecule has 21 heavy (non-hydrogen) atoms. The van der Waals surface area contributed by atoms with Crippen LogP contribution in [-0.2, 0) is 12.0 Å². The van der Waals surface area contributed by atoms with E-state index >= 15 is 0 Å². The number of aliphatic hydroxyl groups is 1. The summed E-state index contributed by atoms with van der Waals surface area (Å²) < 4.78 is 0. The Morgan fingerprint density at radius 1 is 1.14 bits per heavy atom. The Kier molecular flexibility index (Phi) is 3.60. The number of nitrogens with one attached hydrogen (secondary N) is 1. The third-order valence-corrected chi connectivity index (χ3v) is 4.61. The first-order valence-electron chi connectivity index (χ1n) is 7.61. The quantitative estimate of drug-likeness (QED) is 0.884. The van der Waals surface area contributed by atoms with Crippen LogP contribution in [0.25, 0.3) is 0 Å². The Morgan fingerprint density at radius 2 is 1.90 bits per heavy atom.